The highest BCUT2D eigenvalue weighted by Gasteiger charge is 2.10. The minimum Gasteiger partial charge on any atom is -0.506 e. The first-order valence-corrected chi connectivity index (χ1v) is 7.32. The van der Waals surface area contributed by atoms with Crippen molar-refractivity contribution < 1.29 is 5.11 Å². The van der Waals surface area contributed by atoms with Crippen LogP contribution in [-0.4, -0.2) is 10.9 Å². The van der Waals surface area contributed by atoms with Gasteiger partial charge in [-0.2, -0.15) is 5.26 Å². The molecule has 0 aliphatic carbocycles. The van der Waals surface area contributed by atoms with E-state index in [1.807, 2.05) is 30.3 Å². The van der Waals surface area contributed by atoms with Crippen molar-refractivity contribution in [3.05, 3.63) is 65.4 Å². The zero-order valence-corrected chi connectivity index (χ0v) is 13.3. The summed E-state index contributed by atoms with van der Waals surface area (Å²) < 4.78 is 0. The van der Waals surface area contributed by atoms with Crippen molar-refractivity contribution in [3.8, 4) is 11.8 Å². The molecule has 122 valence electrons. The number of para-hydroxylation sites is 1. The summed E-state index contributed by atoms with van der Waals surface area (Å²) in [6.45, 7) is 1.94. The number of nitriles is 1. The topological polar surface area (TPSA) is 120 Å². The van der Waals surface area contributed by atoms with E-state index in [1.54, 1.807) is 19.1 Å². The Morgan fingerprint density at radius 3 is 2.54 bits per heavy atom. The zero-order chi connectivity index (χ0) is 17.5. The van der Waals surface area contributed by atoms with Gasteiger partial charge in [-0.1, -0.05) is 24.3 Å². The standard InChI is InChI=1S/C18H19N5O/c1-12(20)15(10-19)18(23-14-5-3-2-4-6-14)22-11-13-7-8-17(24)16(21)9-13/h2-9,24H,11,20-21H2,1H3,(H,22,23). The van der Waals surface area contributed by atoms with Gasteiger partial charge in [0.05, 0.1) is 12.2 Å². The fourth-order valence-corrected chi connectivity index (χ4v) is 2.04. The molecule has 6 N–H and O–H groups in total. The van der Waals surface area contributed by atoms with Crippen LogP contribution in [0.25, 0.3) is 0 Å². The van der Waals surface area contributed by atoms with E-state index in [0.29, 0.717) is 11.5 Å². The quantitative estimate of drug-likeness (QED) is 0.227. The molecular formula is C18H19N5O. The molecule has 2 aromatic carbocycles. The number of benzene rings is 2. The van der Waals surface area contributed by atoms with Crippen molar-refractivity contribution in [2.45, 2.75) is 13.5 Å². The molecule has 0 aromatic heterocycles. The number of rotatable bonds is 4. The third-order valence-corrected chi connectivity index (χ3v) is 3.29. The maximum absolute atomic E-state index is 9.47. The molecular weight excluding hydrogens is 302 g/mol. The van der Waals surface area contributed by atoms with E-state index in [-0.39, 0.29) is 23.6 Å². The maximum atomic E-state index is 9.47. The molecule has 0 atom stereocenters. The fourth-order valence-electron chi connectivity index (χ4n) is 2.04. The molecule has 0 aliphatic heterocycles. The van der Waals surface area contributed by atoms with Crippen LogP contribution in [-0.2, 0) is 6.54 Å². The summed E-state index contributed by atoms with van der Waals surface area (Å²) in [5.41, 5.74) is 14.0. The van der Waals surface area contributed by atoms with Crippen molar-refractivity contribution in [2.24, 2.45) is 10.7 Å². The Bertz CT molecular complexity index is 815. The Morgan fingerprint density at radius 1 is 1.25 bits per heavy atom. The molecule has 0 heterocycles. The molecule has 0 unspecified atom stereocenters. The number of hydrogen-bond donors (Lipinski definition) is 4. The summed E-state index contributed by atoms with van der Waals surface area (Å²) in [5, 5.41) is 22.0. The molecule has 2 aromatic rings. The van der Waals surface area contributed by atoms with Crippen molar-refractivity contribution in [1.29, 1.82) is 5.26 Å². The highest BCUT2D eigenvalue weighted by atomic mass is 16.3. The third-order valence-electron chi connectivity index (χ3n) is 3.29. The second-order valence-electron chi connectivity index (χ2n) is 5.22. The molecule has 0 fully saturated rings. The first kappa shape index (κ1) is 16.9. The molecule has 6 nitrogen and oxygen atoms in total. The number of amidine groups is 1. The highest BCUT2D eigenvalue weighted by molar-refractivity contribution is 6.10. The van der Waals surface area contributed by atoms with Crippen molar-refractivity contribution in [2.75, 3.05) is 11.1 Å². The van der Waals surface area contributed by atoms with E-state index in [1.165, 1.54) is 6.07 Å². The molecule has 0 saturated carbocycles. The summed E-state index contributed by atoms with van der Waals surface area (Å²) in [5.74, 6) is 0.413. The Morgan fingerprint density at radius 2 is 1.96 bits per heavy atom. The number of hydrogen-bond acceptors (Lipinski definition) is 5. The van der Waals surface area contributed by atoms with Gasteiger partial charge < -0.3 is 21.9 Å². The summed E-state index contributed by atoms with van der Waals surface area (Å²) >= 11 is 0. The molecule has 0 spiro atoms. The fraction of sp³-hybridized carbons (Fsp3) is 0.111. The van der Waals surface area contributed by atoms with Gasteiger partial charge in [0.2, 0.25) is 0 Å². The lowest BCUT2D eigenvalue weighted by Gasteiger charge is -2.11. The van der Waals surface area contributed by atoms with Crippen LogP contribution in [0.2, 0.25) is 0 Å². The largest absolute Gasteiger partial charge is 0.506 e. The van der Waals surface area contributed by atoms with Gasteiger partial charge in [-0.05, 0) is 36.8 Å². The van der Waals surface area contributed by atoms with E-state index in [2.05, 4.69) is 16.4 Å². The molecule has 0 aliphatic rings. The number of nitrogens with one attached hydrogen (secondary N) is 1. The smallest absolute Gasteiger partial charge is 0.145 e. The van der Waals surface area contributed by atoms with Gasteiger partial charge in [0.1, 0.15) is 23.2 Å². The van der Waals surface area contributed by atoms with Gasteiger partial charge in [0, 0.05) is 11.4 Å². The van der Waals surface area contributed by atoms with Gasteiger partial charge in [-0.3, -0.25) is 4.99 Å². The molecule has 0 amide bonds. The van der Waals surface area contributed by atoms with E-state index >= 15 is 0 Å². The SMILES string of the molecule is CC(N)=C(C#N)C(=NCc1ccc(O)c(N)c1)Nc1ccccc1. The van der Waals surface area contributed by atoms with Crippen molar-refractivity contribution in [3.63, 3.8) is 0 Å². The lowest BCUT2D eigenvalue weighted by atomic mass is 10.1. The maximum Gasteiger partial charge on any atom is 0.145 e. The van der Waals surface area contributed by atoms with Gasteiger partial charge in [-0.15, -0.1) is 0 Å². The lowest BCUT2D eigenvalue weighted by molar-refractivity contribution is 0.478. The van der Waals surface area contributed by atoms with Crippen molar-refractivity contribution >= 4 is 17.2 Å². The van der Waals surface area contributed by atoms with Crippen LogP contribution in [0.1, 0.15) is 12.5 Å². The summed E-state index contributed by atoms with van der Waals surface area (Å²) in [7, 11) is 0. The van der Waals surface area contributed by atoms with E-state index in [9.17, 15) is 10.4 Å². The monoisotopic (exact) mass is 321 g/mol. The van der Waals surface area contributed by atoms with Crippen LogP contribution in [0.3, 0.4) is 0 Å². The number of nitrogens with two attached hydrogens (primary N) is 2. The Kier molecular flexibility index (Phi) is 5.42. The average Bonchev–Trinajstić information content (AvgIpc) is 2.56. The average molecular weight is 321 g/mol. The summed E-state index contributed by atoms with van der Waals surface area (Å²) in [4.78, 5) is 4.46. The normalized spacial score (nSPS) is 12.2. The second kappa shape index (κ2) is 7.70. The third kappa shape index (κ3) is 4.27. The molecule has 2 rings (SSSR count). The summed E-state index contributed by atoms with van der Waals surface area (Å²) in [6, 6.07) is 16.4. The number of anilines is 2. The van der Waals surface area contributed by atoms with Crippen molar-refractivity contribution in [1.82, 2.24) is 0 Å². The predicted molar refractivity (Wildman–Crippen MR) is 96.2 cm³/mol. The first-order valence-electron chi connectivity index (χ1n) is 7.32. The second-order valence-corrected chi connectivity index (χ2v) is 5.22. The van der Waals surface area contributed by atoms with E-state index in [4.69, 9.17) is 11.5 Å². The molecule has 0 radical (unpaired) electrons. The van der Waals surface area contributed by atoms with Crippen LogP contribution >= 0.6 is 0 Å². The Labute approximate surface area is 140 Å². The van der Waals surface area contributed by atoms with Crippen LogP contribution in [0, 0.1) is 11.3 Å². The van der Waals surface area contributed by atoms with Crippen LogP contribution < -0.4 is 16.8 Å². The van der Waals surface area contributed by atoms with Crippen LogP contribution in [0.4, 0.5) is 11.4 Å². The zero-order valence-electron chi connectivity index (χ0n) is 13.3. The van der Waals surface area contributed by atoms with Gasteiger partial charge in [0.15, 0.2) is 0 Å². The van der Waals surface area contributed by atoms with Gasteiger partial charge in [-0.25, -0.2) is 0 Å². The Hall–Kier alpha value is -3.46. The lowest BCUT2D eigenvalue weighted by Crippen LogP contribution is -2.18. The van der Waals surface area contributed by atoms with E-state index < -0.39 is 0 Å². The molecule has 6 heteroatoms. The number of phenols is 1. The number of allylic oxidation sites excluding steroid dienone is 1. The van der Waals surface area contributed by atoms with E-state index in [0.717, 1.165) is 11.3 Å². The minimum absolute atomic E-state index is 0.0285. The number of phenolic OH excluding ortho intramolecular Hbond substituents is 1. The van der Waals surface area contributed by atoms with Gasteiger partial charge in [0.25, 0.3) is 0 Å². The predicted octanol–water partition coefficient (Wildman–Crippen LogP) is 2.74. The molecule has 0 bridgehead atoms. The summed E-state index contributed by atoms with van der Waals surface area (Å²) in [6.07, 6.45) is 0. The number of aromatic hydroxyl groups is 1. The van der Waals surface area contributed by atoms with Crippen LogP contribution in [0.15, 0.2) is 64.8 Å². The minimum atomic E-state index is 0.0285. The molecule has 0 saturated heterocycles. The van der Waals surface area contributed by atoms with Gasteiger partial charge >= 0.3 is 0 Å². The first-order chi connectivity index (χ1) is 11.5. The number of nitrogens with zero attached hydrogens (tertiary/aromatic N) is 2. The van der Waals surface area contributed by atoms with Crippen LogP contribution in [0.5, 0.6) is 5.75 Å². The number of nitrogen functional groups attached to an aromatic ring is 1. The Balaban J connectivity index is 2.32. The molecule has 24 heavy (non-hydrogen) atoms. The number of aliphatic imine (C=N–C) groups is 1. The highest BCUT2D eigenvalue weighted by Crippen LogP contribution is 2.21.